The molecule has 7 heteroatoms. The van der Waals surface area contributed by atoms with Gasteiger partial charge in [0, 0.05) is 25.9 Å². The molecule has 0 aromatic rings. The average molecular weight is 276 g/mol. The largest absolute Gasteiger partial charge is 0.378 e. The molecule has 0 heterocycles. The van der Waals surface area contributed by atoms with E-state index >= 15 is 0 Å². The number of carbonyl (C=O) groups excluding carboxylic acids is 2. The van der Waals surface area contributed by atoms with Crippen molar-refractivity contribution in [3.63, 3.8) is 0 Å². The predicted octanol–water partition coefficient (Wildman–Crippen LogP) is -0.910. The summed E-state index contributed by atoms with van der Waals surface area (Å²) in [5, 5.41) is 2.65. The minimum atomic E-state index is -0.135. The molecule has 0 fully saturated rings. The van der Waals surface area contributed by atoms with Gasteiger partial charge >= 0.3 is 0 Å². The maximum atomic E-state index is 11.1. The lowest BCUT2D eigenvalue weighted by Gasteiger charge is -2.07. The molecule has 0 spiro atoms. The zero-order valence-corrected chi connectivity index (χ0v) is 11.3. The highest BCUT2D eigenvalue weighted by Crippen LogP contribution is 1.84. The topological polar surface area (TPSA) is 99.9 Å². The summed E-state index contributed by atoms with van der Waals surface area (Å²) in [5.41, 5.74) is 5.25. The van der Waals surface area contributed by atoms with Crippen LogP contribution in [-0.4, -0.2) is 64.9 Å². The molecule has 112 valence electrons. The zero-order chi connectivity index (χ0) is 14.2. The van der Waals surface area contributed by atoms with Gasteiger partial charge in [-0.1, -0.05) is 0 Å². The van der Waals surface area contributed by atoms with E-state index in [1.54, 1.807) is 0 Å². The molecule has 0 bridgehead atoms. The summed E-state index contributed by atoms with van der Waals surface area (Å²) >= 11 is 0. The van der Waals surface area contributed by atoms with E-state index in [-0.39, 0.29) is 18.7 Å². The van der Waals surface area contributed by atoms with Gasteiger partial charge in [0.2, 0.25) is 5.91 Å². The van der Waals surface area contributed by atoms with Gasteiger partial charge in [-0.3, -0.25) is 4.79 Å². The molecule has 7 nitrogen and oxygen atoms in total. The Balaban J connectivity index is 3.06. The molecule has 3 N–H and O–H groups in total. The van der Waals surface area contributed by atoms with E-state index in [0.29, 0.717) is 52.7 Å². The second-order valence-corrected chi connectivity index (χ2v) is 3.68. The van der Waals surface area contributed by atoms with E-state index in [1.165, 1.54) is 0 Å². The molecule has 0 atom stereocenters. The molecular formula is C12H24N2O5. The Morgan fingerprint density at radius 3 is 2.16 bits per heavy atom. The van der Waals surface area contributed by atoms with Crippen molar-refractivity contribution in [1.29, 1.82) is 0 Å². The molecule has 0 aromatic carbocycles. The van der Waals surface area contributed by atoms with Gasteiger partial charge in [0.1, 0.15) is 6.29 Å². The quantitative estimate of drug-likeness (QED) is 0.315. The fourth-order valence-corrected chi connectivity index (χ4v) is 1.17. The normalized spacial score (nSPS) is 10.4. The van der Waals surface area contributed by atoms with Gasteiger partial charge in [0.05, 0.1) is 39.6 Å². The first kappa shape index (κ1) is 18.0. The van der Waals surface area contributed by atoms with Gasteiger partial charge in [-0.15, -0.1) is 0 Å². The summed E-state index contributed by atoms with van der Waals surface area (Å²) < 4.78 is 15.6. The van der Waals surface area contributed by atoms with E-state index < -0.39 is 0 Å². The number of carbonyl (C=O) groups is 2. The van der Waals surface area contributed by atoms with Crippen molar-refractivity contribution in [2.75, 3.05) is 52.7 Å². The number of ether oxygens (including phenoxy) is 3. The maximum Gasteiger partial charge on any atom is 0.220 e. The molecule has 0 rings (SSSR count). The monoisotopic (exact) mass is 276 g/mol. The average Bonchev–Trinajstić information content (AvgIpc) is 2.42. The van der Waals surface area contributed by atoms with Crippen LogP contribution in [0.1, 0.15) is 12.8 Å². The Morgan fingerprint density at radius 2 is 1.58 bits per heavy atom. The van der Waals surface area contributed by atoms with Gasteiger partial charge in [-0.25, -0.2) is 0 Å². The van der Waals surface area contributed by atoms with Crippen LogP contribution in [0, 0.1) is 0 Å². The standard InChI is InChI=1S/C12H24N2O5/c13-3-6-17-8-10-19-11-9-18-7-4-14-12(16)2-1-5-15/h5H,1-4,6-11,13H2,(H,14,16). The molecule has 0 aliphatic rings. The summed E-state index contributed by atoms with van der Waals surface area (Å²) in [4.78, 5) is 21.1. The minimum Gasteiger partial charge on any atom is -0.378 e. The number of amides is 1. The van der Waals surface area contributed by atoms with Crippen molar-refractivity contribution in [3.8, 4) is 0 Å². The van der Waals surface area contributed by atoms with E-state index in [0.717, 1.165) is 6.29 Å². The van der Waals surface area contributed by atoms with Gasteiger partial charge < -0.3 is 30.1 Å². The SMILES string of the molecule is NCCOCCOCCOCCNC(=O)CCC=O. The number of hydrogen-bond acceptors (Lipinski definition) is 6. The second-order valence-electron chi connectivity index (χ2n) is 3.68. The molecule has 0 aliphatic carbocycles. The Kier molecular flexibility index (Phi) is 14.2. The van der Waals surface area contributed by atoms with Crippen molar-refractivity contribution in [1.82, 2.24) is 5.32 Å². The third-order valence-corrected chi connectivity index (χ3v) is 2.06. The maximum absolute atomic E-state index is 11.1. The lowest BCUT2D eigenvalue weighted by molar-refractivity contribution is -0.122. The van der Waals surface area contributed by atoms with Crippen molar-refractivity contribution < 1.29 is 23.8 Å². The van der Waals surface area contributed by atoms with Crippen LogP contribution in [0.25, 0.3) is 0 Å². The number of hydrogen-bond donors (Lipinski definition) is 2. The summed E-state index contributed by atoms with van der Waals surface area (Å²) in [6, 6.07) is 0. The fourth-order valence-electron chi connectivity index (χ4n) is 1.17. The van der Waals surface area contributed by atoms with Crippen LogP contribution in [0.4, 0.5) is 0 Å². The van der Waals surface area contributed by atoms with Gasteiger partial charge in [-0.05, 0) is 0 Å². The Hall–Kier alpha value is -1.02. The van der Waals surface area contributed by atoms with E-state index in [9.17, 15) is 9.59 Å². The van der Waals surface area contributed by atoms with Crippen LogP contribution in [0.3, 0.4) is 0 Å². The Morgan fingerprint density at radius 1 is 1.00 bits per heavy atom. The Labute approximate surface area is 113 Å². The van der Waals surface area contributed by atoms with Crippen molar-refractivity contribution >= 4 is 12.2 Å². The lowest BCUT2D eigenvalue weighted by Crippen LogP contribution is -2.27. The molecule has 19 heavy (non-hydrogen) atoms. The first-order valence-corrected chi connectivity index (χ1v) is 6.45. The number of nitrogens with two attached hydrogens (primary N) is 1. The smallest absolute Gasteiger partial charge is 0.220 e. The zero-order valence-electron chi connectivity index (χ0n) is 11.3. The predicted molar refractivity (Wildman–Crippen MR) is 69.8 cm³/mol. The summed E-state index contributed by atoms with van der Waals surface area (Å²) in [7, 11) is 0. The van der Waals surface area contributed by atoms with Crippen molar-refractivity contribution in [2.24, 2.45) is 5.73 Å². The minimum absolute atomic E-state index is 0.135. The molecule has 0 saturated heterocycles. The van der Waals surface area contributed by atoms with Crippen molar-refractivity contribution in [3.05, 3.63) is 0 Å². The fraction of sp³-hybridized carbons (Fsp3) is 0.833. The highest BCUT2D eigenvalue weighted by molar-refractivity contribution is 5.77. The summed E-state index contributed by atoms with van der Waals surface area (Å²) in [6.07, 6.45) is 1.22. The molecule has 0 aliphatic heterocycles. The molecule has 1 amide bonds. The van der Waals surface area contributed by atoms with Gasteiger partial charge in [-0.2, -0.15) is 0 Å². The van der Waals surface area contributed by atoms with Crippen LogP contribution < -0.4 is 11.1 Å². The van der Waals surface area contributed by atoms with Crippen LogP contribution in [-0.2, 0) is 23.8 Å². The Bertz CT molecular complexity index is 226. The molecule has 0 unspecified atom stereocenters. The van der Waals surface area contributed by atoms with E-state index in [2.05, 4.69) is 5.32 Å². The molecule has 0 radical (unpaired) electrons. The highest BCUT2D eigenvalue weighted by Gasteiger charge is 1.98. The first-order chi connectivity index (χ1) is 9.31. The van der Waals surface area contributed by atoms with E-state index in [1.807, 2.05) is 0 Å². The number of rotatable bonds is 14. The molecule has 0 aromatic heterocycles. The van der Waals surface area contributed by atoms with Crippen LogP contribution in [0.15, 0.2) is 0 Å². The molecule has 0 saturated carbocycles. The summed E-state index contributed by atoms with van der Waals surface area (Å²) in [6.45, 7) is 3.95. The van der Waals surface area contributed by atoms with Crippen LogP contribution in [0.2, 0.25) is 0 Å². The third-order valence-electron chi connectivity index (χ3n) is 2.06. The lowest BCUT2D eigenvalue weighted by atomic mass is 10.3. The summed E-state index contributed by atoms with van der Waals surface area (Å²) in [5.74, 6) is -0.135. The first-order valence-electron chi connectivity index (χ1n) is 6.45. The second kappa shape index (κ2) is 15.0. The molecular weight excluding hydrogens is 252 g/mol. The highest BCUT2D eigenvalue weighted by atomic mass is 16.5. The third kappa shape index (κ3) is 14.9. The number of aldehydes is 1. The van der Waals surface area contributed by atoms with E-state index in [4.69, 9.17) is 19.9 Å². The van der Waals surface area contributed by atoms with Crippen LogP contribution in [0.5, 0.6) is 0 Å². The van der Waals surface area contributed by atoms with Gasteiger partial charge in [0.25, 0.3) is 0 Å². The van der Waals surface area contributed by atoms with Gasteiger partial charge in [0.15, 0.2) is 0 Å². The van der Waals surface area contributed by atoms with Crippen LogP contribution >= 0.6 is 0 Å². The number of nitrogens with one attached hydrogen (secondary N) is 1. The van der Waals surface area contributed by atoms with Crippen molar-refractivity contribution in [2.45, 2.75) is 12.8 Å².